The second kappa shape index (κ2) is 38.5. The minimum absolute atomic E-state index is 0.0404. The summed E-state index contributed by atoms with van der Waals surface area (Å²) >= 11 is 0. The van der Waals surface area contributed by atoms with Crippen LogP contribution in [0.4, 0.5) is 0 Å². The van der Waals surface area contributed by atoms with Crippen molar-refractivity contribution in [2.75, 3.05) is 13.2 Å². The Bertz CT molecular complexity index is 1380. The van der Waals surface area contributed by atoms with Crippen molar-refractivity contribution in [3.63, 3.8) is 0 Å². The van der Waals surface area contributed by atoms with Gasteiger partial charge in [-0.2, -0.15) is 0 Å². The van der Waals surface area contributed by atoms with Crippen molar-refractivity contribution in [2.24, 2.45) is 0 Å². The molecule has 14 heteroatoms. The number of aliphatic hydroxyl groups excluding tert-OH is 5. The summed E-state index contributed by atoms with van der Waals surface area (Å²) < 4.78 is 33.5. The quantitative estimate of drug-likeness (QED) is 0.0148. The Morgan fingerprint density at radius 3 is 1.43 bits per heavy atom. The highest BCUT2D eigenvalue weighted by molar-refractivity contribution is 7.47. The van der Waals surface area contributed by atoms with Gasteiger partial charge in [0.1, 0.15) is 43.2 Å². The van der Waals surface area contributed by atoms with Gasteiger partial charge in [0.05, 0.1) is 6.61 Å². The number of aliphatic hydroxyl groups is 5. The van der Waals surface area contributed by atoms with Crippen LogP contribution in [-0.2, 0) is 32.7 Å². The number of phosphoric acid groups is 1. The lowest BCUT2D eigenvalue weighted by Crippen LogP contribution is -2.64. The zero-order valence-corrected chi connectivity index (χ0v) is 39.2. The number of rotatable bonds is 38. The molecule has 0 heterocycles. The number of hydrogen-bond acceptors (Lipinski definition) is 12. The third kappa shape index (κ3) is 31.0. The van der Waals surface area contributed by atoms with Crippen LogP contribution >= 0.6 is 7.82 Å². The maximum absolute atomic E-state index is 12.8. The Kier molecular flexibility index (Phi) is 35.7. The summed E-state index contributed by atoms with van der Waals surface area (Å²) in [7, 11) is -5.14. The monoisotopic (exact) mass is 911 g/mol. The molecule has 1 rings (SSSR count). The van der Waals surface area contributed by atoms with Gasteiger partial charge in [-0.15, -0.1) is 0 Å². The highest BCUT2D eigenvalue weighted by Crippen LogP contribution is 2.47. The molecule has 0 aromatic heterocycles. The van der Waals surface area contributed by atoms with Gasteiger partial charge in [0.15, 0.2) is 6.10 Å². The van der Waals surface area contributed by atoms with Crippen LogP contribution in [0.1, 0.15) is 168 Å². The van der Waals surface area contributed by atoms with Crippen LogP contribution in [-0.4, -0.2) is 98.3 Å². The van der Waals surface area contributed by atoms with Gasteiger partial charge in [-0.25, -0.2) is 4.57 Å². The molecule has 6 unspecified atom stereocenters. The number of esters is 2. The van der Waals surface area contributed by atoms with Crippen molar-refractivity contribution in [3.8, 4) is 0 Å². The van der Waals surface area contributed by atoms with Gasteiger partial charge < -0.3 is 39.9 Å². The number of phosphoric ester groups is 1. The number of hydrogen-bond donors (Lipinski definition) is 6. The van der Waals surface area contributed by atoms with Crippen LogP contribution < -0.4 is 0 Å². The zero-order valence-electron chi connectivity index (χ0n) is 38.3. The highest BCUT2D eigenvalue weighted by atomic mass is 31.2. The van der Waals surface area contributed by atoms with Gasteiger partial charge in [0.25, 0.3) is 0 Å². The van der Waals surface area contributed by atoms with Crippen LogP contribution in [0, 0.1) is 0 Å². The summed E-state index contributed by atoms with van der Waals surface area (Å²) in [6, 6.07) is 0. The molecule has 0 aliphatic heterocycles. The fourth-order valence-corrected chi connectivity index (χ4v) is 7.63. The van der Waals surface area contributed by atoms with Gasteiger partial charge >= 0.3 is 19.8 Å². The molecule has 1 aliphatic carbocycles. The molecule has 0 aromatic rings. The molecule has 0 saturated heterocycles. The second-order valence-electron chi connectivity index (χ2n) is 16.3. The topological polar surface area (TPSA) is 210 Å². The Labute approximate surface area is 378 Å². The first kappa shape index (κ1) is 58.3. The predicted octanol–water partition coefficient (Wildman–Crippen LogP) is 9.50. The van der Waals surface area contributed by atoms with Gasteiger partial charge in [0.2, 0.25) is 0 Å². The summed E-state index contributed by atoms with van der Waals surface area (Å²) in [5.74, 6) is -1.20. The van der Waals surface area contributed by atoms with Crippen LogP contribution in [0.25, 0.3) is 0 Å². The molecule has 1 aliphatic rings. The van der Waals surface area contributed by atoms with E-state index in [1.165, 1.54) is 64.2 Å². The lowest BCUT2D eigenvalue weighted by Gasteiger charge is -2.41. The van der Waals surface area contributed by atoms with Crippen molar-refractivity contribution >= 4 is 19.8 Å². The number of carbonyl (C=O) groups is 2. The van der Waals surface area contributed by atoms with Crippen molar-refractivity contribution in [3.05, 3.63) is 72.9 Å². The van der Waals surface area contributed by atoms with Crippen molar-refractivity contribution in [1.82, 2.24) is 0 Å². The van der Waals surface area contributed by atoms with Crippen LogP contribution in [0.2, 0.25) is 0 Å². The van der Waals surface area contributed by atoms with E-state index in [0.29, 0.717) is 19.3 Å². The van der Waals surface area contributed by atoms with E-state index in [-0.39, 0.29) is 12.8 Å². The maximum Gasteiger partial charge on any atom is 0.472 e. The molecule has 8 atom stereocenters. The predicted molar refractivity (Wildman–Crippen MR) is 249 cm³/mol. The Morgan fingerprint density at radius 1 is 0.492 bits per heavy atom. The number of carbonyl (C=O) groups excluding carboxylic acids is 2. The number of ether oxygens (including phenoxy) is 2. The fourth-order valence-electron chi connectivity index (χ4n) is 6.66. The van der Waals surface area contributed by atoms with Crippen molar-refractivity contribution in [2.45, 2.75) is 211 Å². The van der Waals surface area contributed by atoms with E-state index in [2.05, 4.69) is 68.5 Å². The maximum atomic E-state index is 12.8. The van der Waals surface area contributed by atoms with Gasteiger partial charge in [-0.3, -0.25) is 18.6 Å². The summed E-state index contributed by atoms with van der Waals surface area (Å²) in [6.07, 6.45) is 35.3. The average molecular weight is 911 g/mol. The minimum atomic E-state index is -5.14. The van der Waals surface area contributed by atoms with Crippen LogP contribution in [0.5, 0.6) is 0 Å². The van der Waals surface area contributed by atoms with E-state index < -0.39 is 75.7 Å². The molecule has 362 valence electrons. The zero-order chi connectivity index (χ0) is 46.4. The van der Waals surface area contributed by atoms with E-state index in [0.717, 1.165) is 57.8 Å². The van der Waals surface area contributed by atoms with E-state index in [9.17, 15) is 44.6 Å². The molecule has 13 nitrogen and oxygen atoms in total. The smallest absolute Gasteiger partial charge is 0.462 e. The molecule has 0 amide bonds. The molecule has 1 fully saturated rings. The van der Waals surface area contributed by atoms with Crippen molar-refractivity contribution in [1.29, 1.82) is 0 Å². The van der Waals surface area contributed by atoms with E-state index in [4.69, 9.17) is 18.5 Å². The molecule has 6 N–H and O–H groups in total. The lowest BCUT2D eigenvalue weighted by atomic mass is 9.85. The molecule has 0 bridgehead atoms. The Hall–Kier alpha value is -2.71. The minimum Gasteiger partial charge on any atom is -0.462 e. The third-order valence-electron chi connectivity index (χ3n) is 10.5. The van der Waals surface area contributed by atoms with E-state index >= 15 is 0 Å². The van der Waals surface area contributed by atoms with Gasteiger partial charge in [-0.1, -0.05) is 157 Å². The highest BCUT2D eigenvalue weighted by Gasteiger charge is 2.51. The summed E-state index contributed by atoms with van der Waals surface area (Å²) in [6.45, 7) is 3.17. The Balaban J connectivity index is 2.50. The first-order valence-electron chi connectivity index (χ1n) is 23.7. The Morgan fingerprint density at radius 2 is 0.905 bits per heavy atom. The van der Waals surface area contributed by atoms with Crippen molar-refractivity contribution < 1.29 is 63.1 Å². The van der Waals surface area contributed by atoms with Gasteiger partial charge in [0, 0.05) is 12.8 Å². The largest absolute Gasteiger partial charge is 0.472 e. The summed E-state index contributed by atoms with van der Waals surface area (Å²) in [5.41, 5.74) is 0. The first-order valence-corrected chi connectivity index (χ1v) is 25.2. The first-order chi connectivity index (χ1) is 30.4. The third-order valence-corrected chi connectivity index (χ3v) is 11.5. The summed E-state index contributed by atoms with van der Waals surface area (Å²) in [5, 5.41) is 50.2. The van der Waals surface area contributed by atoms with Crippen LogP contribution in [0.3, 0.4) is 0 Å². The average Bonchev–Trinajstić information content (AvgIpc) is 3.26. The van der Waals surface area contributed by atoms with Crippen LogP contribution in [0.15, 0.2) is 72.9 Å². The second-order valence-corrected chi connectivity index (χ2v) is 17.7. The van der Waals surface area contributed by atoms with E-state index in [1.54, 1.807) is 0 Å². The molecule has 1 saturated carbocycles. The molecule has 0 radical (unpaired) electrons. The molecule has 0 spiro atoms. The normalized spacial score (nSPS) is 22.3. The number of allylic oxidation sites excluding steroid dienone is 12. The number of unbranched alkanes of at least 4 members (excludes halogenated alkanes) is 14. The lowest BCUT2D eigenvalue weighted by molar-refractivity contribution is -0.220. The molecular weight excluding hydrogens is 828 g/mol. The molecule has 63 heavy (non-hydrogen) atoms. The molecular formula is C49H83O13P. The standard InChI is InChI=1S/C49H83O13P/c1-3-5-7-9-11-13-15-17-19-20-21-22-24-25-27-29-31-33-35-37-42(50)59-39-41(40-60-63(57,58)62-49-47(55)45(53)44(52)46(54)48(49)56)61-43(51)38-36-34-32-30-28-26-23-18-16-14-12-10-8-6-4-2/h10-13,17,19,21-22,25,27,31,33,41,44-49,52-56H,3-9,14-16,18,20,23-24,26,28-30,32,34-40H2,1-2H3,(H,57,58)/b12-10+,13-11+,19-17+,22-21+,27-25+,33-31+/t41-,44?,45-,46?,47?,48?,49?/m0/s1. The molecule has 0 aromatic carbocycles. The summed E-state index contributed by atoms with van der Waals surface area (Å²) in [4.78, 5) is 35.7. The van der Waals surface area contributed by atoms with Gasteiger partial charge in [-0.05, 0) is 70.6 Å². The fraction of sp³-hybridized carbons (Fsp3) is 0.714. The SMILES string of the molecule is CCCC/C=C/CCCCCCCCCCCC(=O)O[C@@H](COC(=O)CC/C=C/C/C=C/C/C=C/C/C=C/C/C=C/CCCCC)COP(=O)(O)OC1C(O)C(O)C(O)[C@H](O)C1O. The van der Waals surface area contributed by atoms with E-state index in [1.807, 2.05) is 18.2 Å².